The topological polar surface area (TPSA) is 77.0 Å². The van der Waals surface area contributed by atoms with Crippen molar-refractivity contribution in [3.63, 3.8) is 0 Å². The number of aromatic nitrogens is 3. The van der Waals surface area contributed by atoms with E-state index in [1.165, 1.54) is 0 Å². The summed E-state index contributed by atoms with van der Waals surface area (Å²) in [6.45, 7) is 0. The summed E-state index contributed by atoms with van der Waals surface area (Å²) in [5, 5.41) is 10.3. The van der Waals surface area contributed by atoms with Gasteiger partial charge in [-0.2, -0.15) is 0 Å². The number of hydrogen-bond donors (Lipinski definition) is 2. The first-order valence-electron chi connectivity index (χ1n) is 5.66. The highest BCUT2D eigenvalue weighted by Crippen LogP contribution is 2.38. The Morgan fingerprint density at radius 2 is 2.18 bits per heavy atom. The number of nitrogens with zero attached hydrogens (tertiary/aromatic N) is 3. The van der Waals surface area contributed by atoms with Crippen LogP contribution in [-0.2, 0) is 0 Å². The summed E-state index contributed by atoms with van der Waals surface area (Å²) in [5.74, 6) is 0. The molecule has 5 nitrogen and oxygen atoms in total. The van der Waals surface area contributed by atoms with Crippen molar-refractivity contribution in [1.29, 1.82) is 0 Å². The maximum atomic E-state index is 10.3. The number of rotatable bonds is 3. The maximum absolute atomic E-state index is 10.3. The first-order valence-corrected chi connectivity index (χ1v) is 5.66. The summed E-state index contributed by atoms with van der Waals surface area (Å²) in [6, 6.07) is 2.18. The predicted molar refractivity (Wildman–Crippen MR) is 63.2 cm³/mol. The van der Waals surface area contributed by atoms with Crippen LogP contribution in [0.2, 0.25) is 0 Å². The van der Waals surface area contributed by atoms with Crippen LogP contribution in [0.1, 0.15) is 36.2 Å². The molecule has 1 aliphatic carbocycles. The average molecular weight is 230 g/mol. The van der Waals surface area contributed by atoms with Gasteiger partial charge in [-0.25, -0.2) is 4.98 Å². The third-order valence-electron chi connectivity index (χ3n) is 3.10. The summed E-state index contributed by atoms with van der Waals surface area (Å²) >= 11 is 0. The molecule has 0 radical (unpaired) electrons. The van der Waals surface area contributed by atoms with Crippen molar-refractivity contribution in [2.75, 3.05) is 5.73 Å². The van der Waals surface area contributed by atoms with Crippen LogP contribution in [0, 0.1) is 0 Å². The molecule has 1 atom stereocenters. The lowest BCUT2D eigenvalue weighted by atomic mass is 10.1. The summed E-state index contributed by atoms with van der Waals surface area (Å²) in [4.78, 5) is 8.10. The third kappa shape index (κ3) is 1.78. The minimum absolute atomic E-state index is 0.486. The molecular formula is C12H14N4O. The van der Waals surface area contributed by atoms with E-state index < -0.39 is 6.10 Å². The van der Waals surface area contributed by atoms with E-state index in [2.05, 4.69) is 9.97 Å². The lowest BCUT2D eigenvalue weighted by molar-refractivity contribution is 0.210. The van der Waals surface area contributed by atoms with Crippen LogP contribution in [-0.4, -0.2) is 19.6 Å². The Hall–Kier alpha value is -1.88. The zero-order chi connectivity index (χ0) is 11.8. The Balaban J connectivity index is 1.98. The van der Waals surface area contributed by atoms with Crippen molar-refractivity contribution in [2.24, 2.45) is 0 Å². The number of aliphatic hydroxyl groups is 1. The summed E-state index contributed by atoms with van der Waals surface area (Å²) in [5.41, 5.74) is 7.81. The third-order valence-corrected chi connectivity index (χ3v) is 3.10. The number of imidazole rings is 1. The zero-order valence-electron chi connectivity index (χ0n) is 9.32. The molecule has 3 rings (SSSR count). The monoisotopic (exact) mass is 230 g/mol. The van der Waals surface area contributed by atoms with Gasteiger partial charge in [-0.3, -0.25) is 4.98 Å². The van der Waals surface area contributed by atoms with Gasteiger partial charge in [-0.15, -0.1) is 0 Å². The van der Waals surface area contributed by atoms with Crippen molar-refractivity contribution in [2.45, 2.75) is 25.0 Å². The van der Waals surface area contributed by atoms with Gasteiger partial charge in [0.1, 0.15) is 6.10 Å². The molecule has 0 bridgehead atoms. The normalized spacial score (nSPS) is 17.0. The lowest BCUT2D eigenvalue weighted by Crippen LogP contribution is -2.09. The van der Waals surface area contributed by atoms with E-state index in [9.17, 15) is 5.11 Å². The number of nitrogen functional groups attached to an aromatic ring is 1. The molecule has 1 unspecified atom stereocenters. The van der Waals surface area contributed by atoms with Gasteiger partial charge in [0.2, 0.25) is 0 Å². The van der Waals surface area contributed by atoms with Crippen molar-refractivity contribution in [3.05, 3.63) is 42.2 Å². The second kappa shape index (κ2) is 3.85. The van der Waals surface area contributed by atoms with Crippen LogP contribution in [0.5, 0.6) is 0 Å². The largest absolute Gasteiger partial charge is 0.398 e. The van der Waals surface area contributed by atoms with Gasteiger partial charge in [-0.1, -0.05) is 0 Å². The highest BCUT2D eigenvalue weighted by Gasteiger charge is 2.28. The minimum Gasteiger partial charge on any atom is -0.398 e. The van der Waals surface area contributed by atoms with Crippen molar-refractivity contribution in [3.8, 4) is 0 Å². The molecule has 3 N–H and O–H groups in total. The van der Waals surface area contributed by atoms with Gasteiger partial charge < -0.3 is 15.4 Å². The Bertz CT molecular complexity index is 533. The molecule has 88 valence electrons. The van der Waals surface area contributed by atoms with E-state index in [4.69, 9.17) is 5.73 Å². The molecule has 2 heterocycles. The molecule has 17 heavy (non-hydrogen) atoms. The first-order chi connectivity index (χ1) is 8.27. The quantitative estimate of drug-likeness (QED) is 0.832. The molecule has 5 heteroatoms. The average Bonchev–Trinajstić information content (AvgIpc) is 3.07. The molecule has 0 amide bonds. The zero-order valence-corrected chi connectivity index (χ0v) is 9.32. The van der Waals surface area contributed by atoms with E-state index in [1.54, 1.807) is 31.0 Å². The van der Waals surface area contributed by atoms with Crippen LogP contribution >= 0.6 is 0 Å². The van der Waals surface area contributed by atoms with Gasteiger partial charge in [-0.05, 0) is 18.9 Å². The van der Waals surface area contributed by atoms with Gasteiger partial charge in [0.25, 0.3) is 0 Å². The highest BCUT2D eigenvalue weighted by molar-refractivity contribution is 5.47. The van der Waals surface area contributed by atoms with Gasteiger partial charge in [0, 0.05) is 29.7 Å². The van der Waals surface area contributed by atoms with Crippen molar-refractivity contribution >= 4 is 5.69 Å². The Morgan fingerprint density at radius 1 is 1.35 bits per heavy atom. The number of pyridine rings is 1. The molecular weight excluding hydrogens is 216 g/mol. The fourth-order valence-electron chi connectivity index (χ4n) is 1.99. The fourth-order valence-corrected chi connectivity index (χ4v) is 1.99. The summed E-state index contributed by atoms with van der Waals surface area (Å²) < 4.78 is 2.02. The van der Waals surface area contributed by atoms with E-state index in [0.29, 0.717) is 17.3 Å². The number of nitrogens with two attached hydrogens (primary N) is 1. The molecule has 2 aromatic rings. The molecule has 0 aromatic carbocycles. The molecule has 0 spiro atoms. The summed E-state index contributed by atoms with van der Waals surface area (Å²) in [6.07, 6.45) is 8.22. The lowest BCUT2D eigenvalue weighted by Gasteiger charge is -2.14. The first kappa shape index (κ1) is 10.3. The molecule has 1 aliphatic rings. The molecule has 1 fully saturated rings. The van der Waals surface area contributed by atoms with Crippen LogP contribution < -0.4 is 5.73 Å². The second-order valence-corrected chi connectivity index (χ2v) is 4.36. The Kier molecular flexibility index (Phi) is 2.33. The van der Waals surface area contributed by atoms with Gasteiger partial charge in [0.05, 0.1) is 18.2 Å². The van der Waals surface area contributed by atoms with Gasteiger partial charge >= 0.3 is 0 Å². The smallest absolute Gasteiger partial charge is 0.124 e. The van der Waals surface area contributed by atoms with E-state index in [-0.39, 0.29) is 0 Å². The number of anilines is 1. The SMILES string of the molecule is Nc1ccncc1C(O)c1cncn1C1CC1. The standard InChI is InChI=1S/C12H14N4O/c13-10-3-4-14-5-9(10)12(17)11-6-15-7-16(11)8-1-2-8/h3-8,12,17H,1-2H2,(H2,13,14). The van der Waals surface area contributed by atoms with Gasteiger partial charge in [0.15, 0.2) is 0 Å². The van der Waals surface area contributed by atoms with Crippen molar-refractivity contribution in [1.82, 2.24) is 14.5 Å². The van der Waals surface area contributed by atoms with E-state index >= 15 is 0 Å². The van der Waals surface area contributed by atoms with Crippen LogP contribution in [0.3, 0.4) is 0 Å². The molecule has 1 saturated carbocycles. The Labute approximate surface area is 98.9 Å². The van der Waals surface area contributed by atoms with Crippen LogP contribution in [0.4, 0.5) is 5.69 Å². The van der Waals surface area contributed by atoms with E-state index in [0.717, 1.165) is 18.5 Å². The molecule has 0 aliphatic heterocycles. The minimum atomic E-state index is -0.758. The highest BCUT2D eigenvalue weighted by atomic mass is 16.3. The summed E-state index contributed by atoms with van der Waals surface area (Å²) in [7, 11) is 0. The second-order valence-electron chi connectivity index (χ2n) is 4.36. The van der Waals surface area contributed by atoms with Crippen LogP contribution in [0.25, 0.3) is 0 Å². The van der Waals surface area contributed by atoms with Crippen molar-refractivity contribution < 1.29 is 5.11 Å². The fraction of sp³-hybridized carbons (Fsp3) is 0.333. The van der Waals surface area contributed by atoms with E-state index in [1.807, 2.05) is 4.57 Å². The van der Waals surface area contributed by atoms with Crippen LogP contribution in [0.15, 0.2) is 31.0 Å². The Morgan fingerprint density at radius 3 is 2.88 bits per heavy atom. The molecule has 2 aromatic heterocycles. The maximum Gasteiger partial charge on any atom is 0.124 e. The number of hydrogen-bond acceptors (Lipinski definition) is 4. The molecule has 0 saturated heterocycles. The predicted octanol–water partition coefficient (Wildman–Crippen LogP) is 1.28. The number of aliphatic hydroxyl groups excluding tert-OH is 1.